The minimum absolute atomic E-state index is 0.0730. The molecule has 0 heterocycles. The van der Waals surface area contributed by atoms with Crippen LogP contribution in [0.3, 0.4) is 0 Å². The Balaban J connectivity index is 4.26. The van der Waals surface area contributed by atoms with Crippen molar-refractivity contribution >= 4 is 17.9 Å². The van der Waals surface area contributed by atoms with Crippen molar-refractivity contribution in [1.29, 1.82) is 0 Å². The number of ether oxygens (including phenoxy) is 3. The normalized spacial score (nSPS) is 12.2. The summed E-state index contributed by atoms with van der Waals surface area (Å²) in [6.07, 6.45) is 81.7. The fraction of sp³-hybridized carbons (Fsp3) is 0.873. The first-order valence-corrected chi connectivity index (χ1v) is 34.5. The minimum atomic E-state index is -0.778. The van der Waals surface area contributed by atoms with E-state index in [0.717, 1.165) is 77.0 Å². The molecule has 0 aliphatic carbocycles. The van der Waals surface area contributed by atoms with Crippen LogP contribution >= 0.6 is 0 Å². The average molecular weight is 1080 g/mol. The van der Waals surface area contributed by atoms with Gasteiger partial charge in [-0.1, -0.05) is 327 Å². The van der Waals surface area contributed by atoms with Crippen molar-refractivity contribution in [1.82, 2.24) is 0 Å². The first kappa shape index (κ1) is 74.6. The summed E-state index contributed by atoms with van der Waals surface area (Å²) < 4.78 is 17.0. The molecule has 0 aliphatic heterocycles. The molecule has 1 unspecified atom stereocenters. The molecule has 1 atom stereocenters. The SMILES string of the molecule is CCCC/C=C\C/C=C\CCCCCCCC(=O)OCC(COC(=O)CCCCCCCCCCCCCCCCCCCCCCCCCC)OC(=O)CCCCCCCCCCC/C=C\CCCCCCCCCC. The number of allylic oxidation sites excluding steroid dienone is 6. The standard InChI is InChI=1S/C71H132O6/c1-4-7-10-13-16-19-22-25-28-30-32-34-35-36-38-39-41-43-46-49-52-55-58-61-64-70(73)76-67-68(66-75-69(72)63-60-57-54-51-48-45-27-24-21-18-15-12-9-6-3)77-71(74)65-62-59-56-53-50-47-44-42-40-37-33-31-29-26-23-20-17-14-11-8-5-2/h15,18,24,27,31,33,68H,4-14,16-17,19-23,25-26,28-30,32,34-67H2,1-3H3/b18-15-,27-24-,33-31-. The number of carbonyl (C=O) groups is 3. The topological polar surface area (TPSA) is 78.9 Å². The Labute approximate surface area is 480 Å². The largest absolute Gasteiger partial charge is 0.462 e. The highest BCUT2D eigenvalue weighted by Gasteiger charge is 2.19. The summed E-state index contributed by atoms with van der Waals surface area (Å²) in [5, 5.41) is 0. The van der Waals surface area contributed by atoms with Crippen LogP contribution in [0.25, 0.3) is 0 Å². The Hall–Kier alpha value is -2.37. The van der Waals surface area contributed by atoms with E-state index in [1.54, 1.807) is 0 Å². The molecule has 77 heavy (non-hydrogen) atoms. The molecule has 0 fully saturated rings. The Morgan fingerprint density at radius 2 is 0.481 bits per heavy atom. The Kier molecular flexibility index (Phi) is 64.1. The second-order valence-electron chi connectivity index (χ2n) is 23.4. The fourth-order valence-corrected chi connectivity index (χ4v) is 10.4. The molecule has 0 saturated heterocycles. The van der Waals surface area contributed by atoms with E-state index in [4.69, 9.17) is 14.2 Å². The van der Waals surface area contributed by atoms with E-state index < -0.39 is 6.10 Å². The van der Waals surface area contributed by atoms with Gasteiger partial charge in [-0.05, 0) is 70.6 Å². The summed E-state index contributed by atoms with van der Waals surface area (Å²) in [6, 6.07) is 0. The average Bonchev–Trinajstić information content (AvgIpc) is 3.43. The van der Waals surface area contributed by atoms with Gasteiger partial charge in [0.15, 0.2) is 6.10 Å². The molecule has 0 aromatic rings. The molecule has 0 aromatic carbocycles. The highest BCUT2D eigenvalue weighted by atomic mass is 16.6. The lowest BCUT2D eigenvalue weighted by Crippen LogP contribution is -2.30. The second kappa shape index (κ2) is 66.1. The van der Waals surface area contributed by atoms with Crippen LogP contribution < -0.4 is 0 Å². The number of unbranched alkanes of at least 4 members (excludes halogenated alkanes) is 47. The molecule has 0 aliphatic rings. The third-order valence-corrected chi connectivity index (χ3v) is 15.6. The van der Waals surface area contributed by atoms with E-state index in [0.29, 0.717) is 19.3 Å². The summed E-state index contributed by atoms with van der Waals surface area (Å²) in [5.74, 6) is -0.863. The first-order chi connectivity index (χ1) is 38.0. The van der Waals surface area contributed by atoms with Crippen LogP contribution in [0.1, 0.15) is 380 Å². The summed E-state index contributed by atoms with van der Waals surface area (Å²) in [7, 11) is 0. The molecule has 0 aromatic heterocycles. The molecule has 0 spiro atoms. The lowest BCUT2D eigenvalue weighted by molar-refractivity contribution is -0.167. The van der Waals surface area contributed by atoms with E-state index in [9.17, 15) is 14.4 Å². The highest BCUT2D eigenvalue weighted by Crippen LogP contribution is 2.18. The Morgan fingerprint density at radius 1 is 0.260 bits per heavy atom. The number of carbonyl (C=O) groups excluding carboxylic acids is 3. The maximum absolute atomic E-state index is 12.9. The molecule has 0 N–H and O–H groups in total. The van der Waals surface area contributed by atoms with Gasteiger partial charge in [-0.15, -0.1) is 0 Å². The van der Waals surface area contributed by atoms with E-state index >= 15 is 0 Å². The van der Waals surface area contributed by atoms with Crippen molar-refractivity contribution in [2.24, 2.45) is 0 Å². The number of rotatable bonds is 64. The predicted molar refractivity (Wildman–Crippen MR) is 335 cm³/mol. The maximum atomic E-state index is 12.9. The Morgan fingerprint density at radius 3 is 0.766 bits per heavy atom. The van der Waals surface area contributed by atoms with Crippen LogP contribution in [0.5, 0.6) is 0 Å². The molecular weight excluding hydrogens is 949 g/mol. The number of hydrogen-bond donors (Lipinski definition) is 0. The molecular formula is C71H132O6. The van der Waals surface area contributed by atoms with Gasteiger partial charge in [-0.3, -0.25) is 14.4 Å². The van der Waals surface area contributed by atoms with Crippen molar-refractivity contribution in [2.75, 3.05) is 13.2 Å². The second-order valence-corrected chi connectivity index (χ2v) is 23.4. The van der Waals surface area contributed by atoms with Gasteiger partial charge in [0.05, 0.1) is 0 Å². The third-order valence-electron chi connectivity index (χ3n) is 15.6. The fourth-order valence-electron chi connectivity index (χ4n) is 10.4. The van der Waals surface area contributed by atoms with E-state index in [1.807, 2.05) is 0 Å². The van der Waals surface area contributed by atoms with Crippen LogP contribution in [0.15, 0.2) is 36.5 Å². The van der Waals surface area contributed by atoms with E-state index in [2.05, 4.69) is 57.2 Å². The number of hydrogen-bond acceptors (Lipinski definition) is 6. The van der Waals surface area contributed by atoms with Crippen LogP contribution in [0.2, 0.25) is 0 Å². The van der Waals surface area contributed by atoms with Crippen molar-refractivity contribution < 1.29 is 28.6 Å². The summed E-state index contributed by atoms with van der Waals surface area (Å²) in [6.45, 7) is 6.66. The van der Waals surface area contributed by atoms with Gasteiger partial charge in [-0.25, -0.2) is 0 Å². The minimum Gasteiger partial charge on any atom is -0.462 e. The van der Waals surface area contributed by atoms with Gasteiger partial charge in [0.1, 0.15) is 13.2 Å². The molecule has 0 rings (SSSR count). The van der Waals surface area contributed by atoms with Crippen LogP contribution in [0.4, 0.5) is 0 Å². The lowest BCUT2D eigenvalue weighted by Gasteiger charge is -2.18. The van der Waals surface area contributed by atoms with E-state index in [1.165, 1.54) is 263 Å². The van der Waals surface area contributed by atoms with Gasteiger partial charge in [0, 0.05) is 19.3 Å². The predicted octanol–water partition coefficient (Wildman–Crippen LogP) is 23.6. The summed E-state index contributed by atoms with van der Waals surface area (Å²) in [5.41, 5.74) is 0. The van der Waals surface area contributed by atoms with Gasteiger partial charge >= 0.3 is 17.9 Å². The monoisotopic (exact) mass is 1080 g/mol. The zero-order chi connectivity index (χ0) is 55.7. The molecule has 452 valence electrons. The van der Waals surface area contributed by atoms with Gasteiger partial charge in [-0.2, -0.15) is 0 Å². The molecule has 0 radical (unpaired) electrons. The van der Waals surface area contributed by atoms with Crippen molar-refractivity contribution in [3.8, 4) is 0 Å². The van der Waals surface area contributed by atoms with Crippen molar-refractivity contribution in [3.05, 3.63) is 36.5 Å². The number of esters is 3. The van der Waals surface area contributed by atoms with Crippen molar-refractivity contribution in [2.45, 2.75) is 386 Å². The lowest BCUT2D eigenvalue weighted by atomic mass is 10.0. The zero-order valence-corrected chi connectivity index (χ0v) is 52.0. The highest BCUT2D eigenvalue weighted by molar-refractivity contribution is 5.71. The molecule has 6 nitrogen and oxygen atoms in total. The van der Waals surface area contributed by atoms with Crippen LogP contribution in [0, 0.1) is 0 Å². The van der Waals surface area contributed by atoms with Crippen LogP contribution in [-0.4, -0.2) is 37.2 Å². The molecule has 6 heteroatoms. The zero-order valence-electron chi connectivity index (χ0n) is 52.0. The van der Waals surface area contributed by atoms with E-state index in [-0.39, 0.29) is 31.1 Å². The third kappa shape index (κ3) is 64.3. The quantitative estimate of drug-likeness (QED) is 0.0261. The first-order valence-electron chi connectivity index (χ1n) is 34.5. The molecule has 0 saturated carbocycles. The van der Waals surface area contributed by atoms with Gasteiger partial charge in [0.25, 0.3) is 0 Å². The van der Waals surface area contributed by atoms with Crippen molar-refractivity contribution in [3.63, 3.8) is 0 Å². The Bertz CT molecular complexity index is 1290. The van der Waals surface area contributed by atoms with Gasteiger partial charge in [0.2, 0.25) is 0 Å². The maximum Gasteiger partial charge on any atom is 0.306 e. The summed E-state index contributed by atoms with van der Waals surface area (Å²) >= 11 is 0. The smallest absolute Gasteiger partial charge is 0.306 e. The molecule has 0 amide bonds. The van der Waals surface area contributed by atoms with Crippen LogP contribution in [-0.2, 0) is 28.6 Å². The molecule has 0 bridgehead atoms. The van der Waals surface area contributed by atoms with Gasteiger partial charge < -0.3 is 14.2 Å². The summed E-state index contributed by atoms with van der Waals surface area (Å²) in [4.78, 5) is 38.4.